The predicted molar refractivity (Wildman–Crippen MR) is 294 cm³/mol. The van der Waals surface area contributed by atoms with Crippen LogP contribution in [0.4, 0.5) is 0 Å². The Labute approximate surface area is 439 Å². The van der Waals surface area contributed by atoms with E-state index < -0.39 is 0 Å². The van der Waals surface area contributed by atoms with E-state index in [2.05, 4.69) is 35.0 Å². The van der Waals surface area contributed by atoms with Crippen LogP contribution in [-0.4, -0.2) is 59.1 Å². The standard InChI is InChI=1S/2C14H16O2S8.2C5H5N.Ni/c2*1-6(15)8(7(2)16)20-12-11(19-5)23-14(24-12)13-21-9(17-3)10(18-4)22-13;2*1-2-4-6-5-3-1;/h2*15H,1-5H3;2*1-5H;/q;;;;+2/p-2/b2*8-6+;;;. The first-order chi connectivity index (χ1) is 28.8. The van der Waals surface area contributed by atoms with Crippen LogP contribution >= 0.6 is 188 Å². The minimum atomic E-state index is -0.159. The number of aromatic nitrogens is 2. The van der Waals surface area contributed by atoms with Crippen LogP contribution in [0.3, 0.4) is 0 Å². The van der Waals surface area contributed by atoms with E-state index in [0.717, 1.165) is 16.9 Å². The van der Waals surface area contributed by atoms with Crippen molar-refractivity contribution in [2.24, 2.45) is 0 Å². The second-order valence-corrected chi connectivity index (χ2v) is 28.8. The molecule has 4 aliphatic heterocycles. The molecule has 0 N–H and O–H groups in total. The molecule has 0 spiro atoms. The molecule has 0 saturated carbocycles. The van der Waals surface area contributed by atoms with E-state index in [0.29, 0.717) is 9.81 Å². The van der Waals surface area contributed by atoms with Crippen molar-refractivity contribution >= 4 is 200 Å². The summed E-state index contributed by atoms with van der Waals surface area (Å²) in [4.78, 5) is 31.6. The molecule has 23 heteroatoms. The second kappa shape index (κ2) is 32.1. The van der Waals surface area contributed by atoms with Crippen molar-refractivity contribution in [2.75, 3.05) is 37.5 Å². The van der Waals surface area contributed by atoms with Crippen LogP contribution in [-0.2, 0) is 26.1 Å². The molecule has 2 aromatic rings. The number of nitrogens with zero attached hydrogens (tertiary/aromatic N) is 2. The van der Waals surface area contributed by atoms with Crippen LogP contribution in [0.1, 0.15) is 27.7 Å². The van der Waals surface area contributed by atoms with Crippen LogP contribution in [0.2, 0.25) is 0 Å². The smallest absolute Gasteiger partial charge is 0.875 e. The molecule has 2 aromatic heterocycles. The molecule has 61 heavy (non-hydrogen) atoms. The van der Waals surface area contributed by atoms with Gasteiger partial charge in [0.15, 0.2) is 11.6 Å². The zero-order valence-corrected chi connectivity index (χ0v) is 48.2. The van der Waals surface area contributed by atoms with Gasteiger partial charge in [-0.05, 0) is 75.6 Å². The molecule has 0 atom stereocenters. The van der Waals surface area contributed by atoms with E-state index in [1.807, 2.05) is 96.0 Å². The fourth-order valence-electron chi connectivity index (χ4n) is 3.89. The van der Waals surface area contributed by atoms with Gasteiger partial charge < -0.3 is 10.2 Å². The Morgan fingerprint density at radius 2 is 0.623 bits per heavy atom. The van der Waals surface area contributed by atoms with E-state index in [-0.39, 0.29) is 39.6 Å². The summed E-state index contributed by atoms with van der Waals surface area (Å²) in [7, 11) is 0. The maximum absolute atomic E-state index is 11.7. The molecule has 0 amide bonds. The average Bonchev–Trinajstić information content (AvgIpc) is 4.07. The van der Waals surface area contributed by atoms with Crippen molar-refractivity contribution in [3.8, 4) is 0 Å². The number of rotatable bonds is 12. The average molecular weight is 1160 g/mol. The number of pyridine rings is 2. The fourth-order valence-corrected chi connectivity index (χ4v) is 25.0. The van der Waals surface area contributed by atoms with Crippen LogP contribution in [0.15, 0.2) is 133 Å². The Bertz CT molecular complexity index is 1840. The summed E-state index contributed by atoms with van der Waals surface area (Å²) in [6.45, 7) is 5.82. The maximum atomic E-state index is 11.7. The minimum absolute atomic E-state index is 0. The van der Waals surface area contributed by atoms with Crippen molar-refractivity contribution in [3.63, 3.8) is 0 Å². The number of Topliss-reactive ketones (excluding diaryl/α,β-unsaturated/α-hetero) is 2. The zero-order valence-electron chi connectivity index (χ0n) is 34.1. The Morgan fingerprint density at radius 3 is 0.770 bits per heavy atom. The van der Waals surface area contributed by atoms with E-state index in [9.17, 15) is 19.8 Å². The number of allylic oxidation sites excluding steroid dienone is 4. The van der Waals surface area contributed by atoms with Gasteiger partial charge in [-0.15, -0.1) is 82.1 Å². The molecule has 332 valence electrons. The van der Waals surface area contributed by atoms with Gasteiger partial charge in [0.1, 0.15) is 0 Å². The molecule has 0 aromatic carbocycles. The predicted octanol–water partition coefficient (Wildman–Crippen LogP) is 14.8. The number of hydrogen-bond donors (Lipinski definition) is 0. The topological polar surface area (TPSA) is 106 Å². The molecule has 0 saturated heterocycles. The van der Waals surface area contributed by atoms with Crippen LogP contribution in [0.5, 0.6) is 0 Å². The summed E-state index contributed by atoms with van der Waals surface area (Å²) in [5.41, 5.74) is 0. The summed E-state index contributed by atoms with van der Waals surface area (Å²) in [6, 6.07) is 11.4. The molecule has 6 nitrogen and oxygen atoms in total. The van der Waals surface area contributed by atoms with E-state index in [1.165, 1.54) is 85.1 Å². The third-order valence-electron chi connectivity index (χ3n) is 6.40. The Balaban J connectivity index is 0.000000324. The molecular formula is C38H40N2NiO4S16. The molecule has 0 aliphatic carbocycles. The fraction of sp³-hybridized carbons (Fsp3) is 0.263. The molecular weight excluding hydrogens is 1120 g/mol. The van der Waals surface area contributed by atoms with Crippen molar-refractivity contribution < 1.29 is 36.3 Å². The first-order valence-electron chi connectivity index (χ1n) is 16.8. The number of ketones is 2. The first-order valence-corrected chi connectivity index (χ1v) is 32.3. The molecule has 4 aliphatic rings. The Kier molecular flexibility index (Phi) is 30.7. The number of carbonyl (C=O) groups excluding carboxylic acids is 2. The van der Waals surface area contributed by atoms with Crippen molar-refractivity contribution in [1.29, 1.82) is 0 Å². The van der Waals surface area contributed by atoms with Crippen molar-refractivity contribution in [3.05, 3.63) is 133 Å². The number of thioether (sulfide) groups is 16. The van der Waals surface area contributed by atoms with Gasteiger partial charge in [0, 0.05) is 34.6 Å². The van der Waals surface area contributed by atoms with Gasteiger partial charge in [0.05, 0.1) is 50.8 Å². The van der Waals surface area contributed by atoms with Gasteiger partial charge in [-0.3, -0.25) is 19.6 Å². The molecule has 6 heterocycles. The molecule has 0 bridgehead atoms. The largest absolute Gasteiger partial charge is 2.00 e. The SMILES string of the molecule is CSC1=C(SC)SC(=C2SC(SC)=C(S/C(C(C)=O)=C(\C)[O-])S2)S1.CSC1=C(SC)SC(=C2SC(SC)=C(S/C(C(C)=O)=C(\C)[O-])S2)S1.[Ni+2].c1ccncc1.c1ccncc1. The third-order valence-corrected chi connectivity index (χ3v) is 29.0. The second-order valence-electron chi connectivity index (χ2n) is 10.6. The monoisotopic (exact) mass is 1160 g/mol. The van der Waals surface area contributed by atoms with Crippen LogP contribution < -0.4 is 10.2 Å². The van der Waals surface area contributed by atoms with E-state index >= 15 is 0 Å². The summed E-state index contributed by atoms with van der Waals surface area (Å²) >= 11 is 27.3. The summed E-state index contributed by atoms with van der Waals surface area (Å²) in [5, 5.41) is 23.4. The van der Waals surface area contributed by atoms with Gasteiger partial charge in [-0.1, -0.05) is 144 Å². The maximum Gasteiger partial charge on any atom is 2.00 e. The molecule has 6 rings (SSSR count). The molecule has 0 unspecified atom stereocenters. The summed E-state index contributed by atoms with van der Waals surface area (Å²) < 4.78 is 14.9. The van der Waals surface area contributed by atoms with Gasteiger partial charge in [0.25, 0.3) is 0 Å². The van der Waals surface area contributed by atoms with Gasteiger partial charge in [0.2, 0.25) is 0 Å². The normalized spacial score (nSPS) is 17.0. The van der Waals surface area contributed by atoms with Crippen molar-refractivity contribution in [1.82, 2.24) is 9.97 Å². The van der Waals surface area contributed by atoms with Gasteiger partial charge in [-0.2, -0.15) is 0 Å². The van der Waals surface area contributed by atoms with E-state index in [4.69, 9.17) is 0 Å². The zero-order chi connectivity index (χ0) is 44.2. The molecule has 0 fully saturated rings. The van der Waals surface area contributed by atoms with Gasteiger partial charge in [-0.25, -0.2) is 0 Å². The van der Waals surface area contributed by atoms with Crippen LogP contribution in [0.25, 0.3) is 0 Å². The quantitative estimate of drug-likeness (QED) is 0.114. The Morgan fingerprint density at radius 1 is 0.410 bits per heavy atom. The summed E-state index contributed by atoms with van der Waals surface area (Å²) in [5.74, 6) is -0.638. The van der Waals surface area contributed by atoms with Gasteiger partial charge >= 0.3 is 16.5 Å². The van der Waals surface area contributed by atoms with Crippen molar-refractivity contribution in [2.45, 2.75) is 27.7 Å². The molecule has 0 radical (unpaired) electrons. The van der Waals surface area contributed by atoms with E-state index in [1.54, 1.807) is 142 Å². The third kappa shape index (κ3) is 19.4. The minimum Gasteiger partial charge on any atom is -0.875 e. The number of hydrogen-bond acceptors (Lipinski definition) is 22. The number of carbonyl (C=O) groups is 2. The Hall–Kier alpha value is 1.25. The summed E-state index contributed by atoms with van der Waals surface area (Å²) in [6.07, 6.45) is 19.5. The first kappa shape index (κ1) is 58.4. The van der Waals surface area contributed by atoms with Crippen LogP contribution in [0, 0.1) is 0 Å².